The van der Waals surface area contributed by atoms with Gasteiger partial charge in [-0.3, -0.25) is 0 Å². The van der Waals surface area contributed by atoms with Gasteiger partial charge < -0.3 is 9.67 Å². The fraction of sp³-hybridized carbons (Fsp3) is 0.118. The monoisotopic (exact) mass is 298 g/mol. The van der Waals surface area contributed by atoms with Crippen molar-refractivity contribution in [2.75, 3.05) is 0 Å². The number of phenols is 1. The zero-order valence-electron chi connectivity index (χ0n) is 11.6. The zero-order valence-corrected chi connectivity index (χ0v) is 12.4. The van der Waals surface area contributed by atoms with Crippen molar-refractivity contribution in [1.82, 2.24) is 9.55 Å². The van der Waals surface area contributed by atoms with E-state index in [1.54, 1.807) is 24.7 Å². The molecule has 0 radical (unpaired) electrons. The highest BCUT2D eigenvalue weighted by molar-refractivity contribution is 6.32. The lowest BCUT2D eigenvalue weighted by atomic mass is 9.99. The van der Waals surface area contributed by atoms with Crippen LogP contribution in [0.5, 0.6) is 5.75 Å². The van der Waals surface area contributed by atoms with Crippen molar-refractivity contribution in [3.8, 4) is 16.9 Å². The molecule has 0 unspecified atom stereocenters. The van der Waals surface area contributed by atoms with Gasteiger partial charge in [0.2, 0.25) is 0 Å². The molecule has 0 saturated carbocycles. The molecule has 4 heteroatoms. The molecule has 0 spiro atoms. The molecule has 106 valence electrons. The van der Waals surface area contributed by atoms with Gasteiger partial charge in [-0.1, -0.05) is 35.9 Å². The minimum Gasteiger partial charge on any atom is -0.506 e. The van der Waals surface area contributed by atoms with Crippen LogP contribution in [-0.4, -0.2) is 14.7 Å². The van der Waals surface area contributed by atoms with E-state index in [9.17, 15) is 5.11 Å². The Morgan fingerprint density at radius 2 is 1.95 bits per heavy atom. The van der Waals surface area contributed by atoms with Crippen LogP contribution in [0.15, 0.2) is 55.1 Å². The van der Waals surface area contributed by atoms with Crippen LogP contribution in [0.2, 0.25) is 5.02 Å². The fourth-order valence-corrected chi connectivity index (χ4v) is 2.52. The van der Waals surface area contributed by atoms with Crippen molar-refractivity contribution < 1.29 is 5.11 Å². The number of benzene rings is 2. The third-order valence-electron chi connectivity index (χ3n) is 3.48. The number of hydrogen-bond donors (Lipinski definition) is 1. The molecule has 3 rings (SSSR count). The lowest BCUT2D eigenvalue weighted by molar-refractivity contribution is 0.475. The maximum absolute atomic E-state index is 9.62. The molecule has 0 bridgehead atoms. The minimum atomic E-state index is 0.120. The van der Waals surface area contributed by atoms with E-state index < -0.39 is 0 Å². The Bertz CT molecular complexity index is 749. The average molecular weight is 299 g/mol. The van der Waals surface area contributed by atoms with Gasteiger partial charge in [-0.05, 0) is 41.3 Å². The van der Waals surface area contributed by atoms with E-state index in [2.05, 4.69) is 29.2 Å². The Labute approximate surface area is 128 Å². The predicted molar refractivity (Wildman–Crippen MR) is 84.6 cm³/mol. The summed E-state index contributed by atoms with van der Waals surface area (Å²) in [5, 5.41) is 9.99. The number of rotatable bonds is 3. The number of aromatic nitrogens is 2. The van der Waals surface area contributed by atoms with Crippen molar-refractivity contribution >= 4 is 11.6 Å². The Balaban J connectivity index is 1.89. The van der Waals surface area contributed by atoms with Gasteiger partial charge in [0.15, 0.2) is 0 Å². The van der Waals surface area contributed by atoms with E-state index in [0.29, 0.717) is 5.02 Å². The molecule has 0 fully saturated rings. The molecule has 1 heterocycles. The fourth-order valence-electron chi connectivity index (χ4n) is 2.36. The summed E-state index contributed by atoms with van der Waals surface area (Å²) in [6, 6.07) is 11.8. The van der Waals surface area contributed by atoms with Crippen LogP contribution in [0, 0.1) is 6.92 Å². The molecule has 2 aromatic carbocycles. The summed E-state index contributed by atoms with van der Waals surface area (Å²) < 4.78 is 2.03. The van der Waals surface area contributed by atoms with Gasteiger partial charge in [-0.15, -0.1) is 0 Å². The third-order valence-corrected chi connectivity index (χ3v) is 3.79. The highest BCUT2D eigenvalue weighted by Gasteiger charge is 2.07. The van der Waals surface area contributed by atoms with E-state index in [1.165, 1.54) is 5.56 Å². The standard InChI is InChI=1S/C17H15ClN2O/c1-12-8-17(21)16(18)9-15(12)14-4-2-13(3-5-14)10-20-7-6-19-11-20/h2-9,11,21H,10H2,1H3. The Morgan fingerprint density at radius 1 is 1.19 bits per heavy atom. The highest BCUT2D eigenvalue weighted by Crippen LogP contribution is 2.32. The molecule has 0 amide bonds. The van der Waals surface area contributed by atoms with E-state index in [4.69, 9.17) is 11.6 Å². The number of aryl methyl sites for hydroxylation is 1. The van der Waals surface area contributed by atoms with Crippen LogP contribution in [0.3, 0.4) is 0 Å². The number of phenolic OH excluding ortho intramolecular Hbond substituents is 1. The van der Waals surface area contributed by atoms with Gasteiger partial charge in [0.25, 0.3) is 0 Å². The third kappa shape index (κ3) is 2.93. The Morgan fingerprint density at radius 3 is 2.62 bits per heavy atom. The molecule has 3 nitrogen and oxygen atoms in total. The van der Waals surface area contributed by atoms with Crippen LogP contribution in [0.4, 0.5) is 0 Å². The van der Waals surface area contributed by atoms with E-state index in [0.717, 1.165) is 23.2 Å². The number of nitrogens with zero attached hydrogens (tertiary/aromatic N) is 2. The molecule has 0 aliphatic rings. The summed E-state index contributed by atoms with van der Waals surface area (Å²) in [5.41, 5.74) is 4.33. The second-order valence-corrected chi connectivity index (χ2v) is 5.46. The molecule has 0 aliphatic carbocycles. The van der Waals surface area contributed by atoms with Gasteiger partial charge >= 0.3 is 0 Å². The number of halogens is 1. The quantitative estimate of drug-likeness (QED) is 0.784. The molecule has 1 N–H and O–H groups in total. The lowest BCUT2D eigenvalue weighted by Crippen LogP contribution is -1.96. The summed E-state index contributed by atoms with van der Waals surface area (Å²) in [7, 11) is 0. The SMILES string of the molecule is Cc1cc(O)c(Cl)cc1-c1ccc(Cn2ccnc2)cc1. The highest BCUT2D eigenvalue weighted by atomic mass is 35.5. The van der Waals surface area contributed by atoms with E-state index in [1.807, 2.05) is 17.7 Å². The van der Waals surface area contributed by atoms with E-state index in [-0.39, 0.29) is 5.75 Å². The smallest absolute Gasteiger partial charge is 0.134 e. The maximum atomic E-state index is 9.62. The summed E-state index contributed by atoms with van der Waals surface area (Å²) in [6.45, 7) is 2.76. The molecule has 1 aromatic heterocycles. The first-order valence-electron chi connectivity index (χ1n) is 6.67. The molecule has 3 aromatic rings. The second kappa shape index (κ2) is 5.62. The summed E-state index contributed by atoms with van der Waals surface area (Å²) in [6.07, 6.45) is 5.52. The Hall–Kier alpha value is -2.26. The van der Waals surface area contributed by atoms with Gasteiger partial charge in [0.1, 0.15) is 5.75 Å². The van der Waals surface area contributed by atoms with Crippen molar-refractivity contribution in [3.63, 3.8) is 0 Å². The second-order valence-electron chi connectivity index (χ2n) is 5.05. The molecular weight excluding hydrogens is 284 g/mol. The first-order chi connectivity index (χ1) is 10.1. The topological polar surface area (TPSA) is 38.0 Å². The van der Waals surface area contributed by atoms with Crippen LogP contribution >= 0.6 is 11.6 Å². The van der Waals surface area contributed by atoms with Crippen LogP contribution in [0.1, 0.15) is 11.1 Å². The number of aromatic hydroxyl groups is 1. The zero-order chi connectivity index (χ0) is 14.8. The molecular formula is C17H15ClN2O. The predicted octanol–water partition coefficient (Wildman–Crippen LogP) is 4.27. The van der Waals surface area contributed by atoms with Crippen molar-refractivity contribution in [3.05, 3.63) is 71.3 Å². The Kier molecular flexibility index (Phi) is 3.67. The first-order valence-corrected chi connectivity index (χ1v) is 7.05. The number of imidazole rings is 1. The van der Waals surface area contributed by atoms with Crippen LogP contribution in [-0.2, 0) is 6.54 Å². The molecule has 0 saturated heterocycles. The van der Waals surface area contributed by atoms with Crippen LogP contribution in [0.25, 0.3) is 11.1 Å². The summed E-state index contributed by atoms with van der Waals surface area (Å²) in [4.78, 5) is 4.04. The first kappa shape index (κ1) is 13.7. The summed E-state index contributed by atoms with van der Waals surface area (Å²) in [5.74, 6) is 0.120. The molecule has 0 atom stereocenters. The number of hydrogen-bond acceptors (Lipinski definition) is 2. The van der Waals surface area contributed by atoms with Gasteiger partial charge in [-0.2, -0.15) is 0 Å². The van der Waals surface area contributed by atoms with Gasteiger partial charge in [0, 0.05) is 18.9 Å². The molecule has 21 heavy (non-hydrogen) atoms. The largest absolute Gasteiger partial charge is 0.506 e. The summed E-state index contributed by atoms with van der Waals surface area (Å²) >= 11 is 6.00. The van der Waals surface area contributed by atoms with Crippen molar-refractivity contribution in [2.45, 2.75) is 13.5 Å². The van der Waals surface area contributed by atoms with Crippen molar-refractivity contribution in [1.29, 1.82) is 0 Å². The maximum Gasteiger partial charge on any atom is 0.134 e. The van der Waals surface area contributed by atoms with Crippen LogP contribution < -0.4 is 0 Å². The average Bonchev–Trinajstić information content (AvgIpc) is 2.97. The lowest BCUT2D eigenvalue weighted by Gasteiger charge is -2.09. The van der Waals surface area contributed by atoms with Gasteiger partial charge in [-0.25, -0.2) is 4.98 Å². The normalized spacial score (nSPS) is 10.8. The van der Waals surface area contributed by atoms with Gasteiger partial charge in [0.05, 0.1) is 11.3 Å². The van der Waals surface area contributed by atoms with Crippen molar-refractivity contribution in [2.24, 2.45) is 0 Å². The van der Waals surface area contributed by atoms with E-state index >= 15 is 0 Å². The molecule has 0 aliphatic heterocycles. The minimum absolute atomic E-state index is 0.120.